The highest BCUT2D eigenvalue weighted by atomic mass is 16.5. The maximum Gasteiger partial charge on any atom is 0.0824 e. The number of likely N-dealkylation sites (tertiary alicyclic amines) is 1. The van der Waals surface area contributed by atoms with E-state index in [1.54, 1.807) is 7.11 Å². The number of benzene rings is 1. The average molecular weight is 234 g/mol. The molecular formula is C14H22N2O. The predicted octanol–water partition coefficient (Wildman–Crippen LogP) is 1.63. The third-order valence-electron chi connectivity index (χ3n) is 3.82. The molecule has 0 radical (unpaired) electrons. The highest BCUT2D eigenvalue weighted by molar-refractivity contribution is 5.14. The monoisotopic (exact) mass is 234 g/mol. The summed E-state index contributed by atoms with van der Waals surface area (Å²) in [5, 5.41) is 0. The quantitative estimate of drug-likeness (QED) is 0.860. The summed E-state index contributed by atoms with van der Waals surface area (Å²) in [5.74, 6) is 0. The van der Waals surface area contributed by atoms with Gasteiger partial charge in [0, 0.05) is 33.3 Å². The first-order valence-corrected chi connectivity index (χ1v) is 6.29. The summed E-state index contributed by atoms with van der Waals surface area (Å²) in [6.45, 7) is 3.80. The maximum absolute atomic E-state index is 5.80. The van der Waals surface area contributed by atoms with E-state index >= 15 is 0 Å². The fraction of sp³-hybridized carbons (Fsp3) is 0.571. The van der Waals surface area contributed by atoms with Gasteiger partial charge in [-0.1, -0.05) is 30.3 Å². The van der Waals surface area contributed by atoms with Crippen LogP contribution in [0.15, 0.2) is 30.3 Å². The zero-order valence-corrected chi connectivity index (χ0v) is 10.6. The molecule has 1 heterocycles. The maximum atomic E-state index is 5.80. The Bertz CT molecular complexity index is 325. The summed E-state index contributed by atoms with van der Waals surface area (Å²) >= 11 is 0. The Morgan fingerprint density at radius 3 is 2.41 bits per heavy atom. The van der Waals surface area contributed by atoms with Crippen LogP contribution in [0.3, 0.4) is 0 Å². The van der Waals surface area contributed by atoms with Gasteiger partial charge in [-0.15, -0.1) is 0 Å². The van der Waals surface area contributed by atoms with Gasteiger partial charge in [0.15, 0.2) is 0 Å². The van der Waals surface area contributed by atoms with Gasteiger partial charge in [0.2, 0.25) is 0 Å². The Morgan fingerprint density at radius 2 is 1.88 bits per heavy atom. The molecule has 0 spiro atoms. The molecule has 2 rings (SSSR count). The fourth-order valence-electron chi connectivity index (χ4n) is 2.45. The molecule has 3 heteroatoms. The van der Waals surface area contributed by atoms with Crippen LogP contribution in [0.2, 0.25) is 0 Å². The minimum atomic E-state index is -0.0762. The van der Waals surface area contributed by atoms with E-state index in [0.717, 1.165) is 32.5 Å². The molecule has 17 heavy (non-hydrogen) atoms. The Labute approximate surface area is 104 Å². The molecule has 1 aliphatic heterocycles. The molecule has 2 N–H and O–H groups in total. The normalized spacial score (nSPS) is 20.4. The molecule has 1 aromatic rings. The molecular weight excluding hydrogens is 212 g/mol. The summed E-state index contributed by atoms with van der Waals surface area (Å²) in [4.78, 5) is 2.47. The van der Waals surface area contributed by atoms with Crippen molar-refractivity contribution in [3.8, 4) is 0 Å². The minimum absolute atomic E-state index is 0.0762. The third-order valence-corrected chi connectivity index (χ3v) is 3.82. The van der Waals surface area contributed by atoms with Gasteiger partial charge < -0.3 is 10.5 Å². The lowest BCUT2D eigenvalue weighted by Gasteiger charge is -2.40. The van der Waals surface area contributed by atoms with E-state index in [-0.39, 0.29) is 5.60 Å². The van der Waals surface area contributed by atoms with E-state index < -0.39 is 0 Å². The number of hydrogen-bond donors (Lipinski definition) is 1. The Hall–Kier alpha value is -0.900. The molecule has 0 bridgehead atoms. The smallest absolute Gasteiger partial charge is 0.0824 e. The number of methoxy groups -OCH3 is 1. The van der Waals surface area contributed by atoms with Crippen molar-refractivity contribution in [2.45, 2.75) is 25.0 Å². The molecule has 0 amide bonds. The van der Waals surface area contributed by atoms with Crippen LogP contribution in [-0.4, -0.2) is 37.2 Å². The van der Waals surface area contributed by atoms with Crippen molar-refractivity contribution >= 4 is 0 Å². The second-order valence-corrected chi connectivity index (χ2v) is 4.85. The summed E-state index contributed by atoms with van der Waals surface area (Å²) in [5.41, 5.74) is 7.11. The molecule has 0 aromatic heterocycles. The van der Waals surface area contributed by atoms with Crippen molar-refractivity contribution in [3.63, 3.8) is 0 Å². The molecule has 1 aromatic carbocycles. The van der Waals surface area contributed by atoms with E-state index in [0.29, 0.717) is 6.54 Å². The largest absolute Gasteiger partial charge is 0.377 e. The van der Waals surface area contributed by atoms with Crippen LogP contribution < -0.4 is 5.73 Å². The molecule has 1 aliphatic rings. The van der Waals surface area contributed by atoms with Crippen LogP contribution in [0, 0.1) is 0 Å². The summed E-state index contributed by atoms with van der Waals surface area (Å²) in [7, 11) is 1.78. The van der Waals surface area contributed by atoms with E-state index in [1.165, 1.54) is 5.56 Å². The summed E-state index contributed by atoms with van der Waals surface area (Å²) < 4.78 is 5.57. The van der Waals surface area contributed by atoms with Crippen LogP contribution in [0.1, 0.15) is 18.4 Å². The van der Waals surface area contributed by atoms with Crippen LogP contribution in [0.25, 0.3) is 0 Å². The first-order valence-electron chi connectivity index (χ1n) is 6.29. The predicted molar refractivity (Wildman–Crippen MR) is 69.7 cm³/mol. The first kappa shape index (κ1) is 12.6. The SMILES string of the molecule is COC1(CN)CCN(Cc2ccccc2)CC1. The lowest BCUT2D eigenvalue weighted by molar-refractivity contribution is -0.0511. The van der Waals surface area contributed by atoms with E-state index in [9.17, 15) is 0 Å². The van der Waals surface area contributed by atoms with Crippen molar-refractivity contribution in [2.75, 3.05) is 26.7 Å². The highest BCUT2D eigenvalue weighted by Gasteiger charge is 2.32. The van der Waals surface area contributed by atoms with Crippen LogP contribution in [0.4, 0.5) is 0 Å². The Balaban J connectivity index is 1.87. The number of piperidine rings is 1. The number of hydrogen-bond acceptors (Lipinski definition) is 3. The lowest BCUT2D eigenvalue weighted by atomic mass is 9.91. The van der Waals surface area contributed by atoms with Gasteiger partial charge in [-0.2, -0.15) is 0 Å². The Kier molecular flexibility index (Phi) is 4.15. The van der Waals surface area contributed by atoms with Crippen molar-refractivity contribution < 1.29 is 4.74 Å². The summed E-state index contributed by atoms with van der Waals surface area (Å²) in [6, 6.07) is 10.6. The van der Waals surface area contributed by atoms with Crippen molar-refractivity contribution in [3.05, 3.63) is 35.9 Å². The van der Waals surface area contributed by atoms with Crippen molar-refractivity contribution in [1.82, 2.24) is 4.90 Å². The Morgan fingerprint density at radius 1 is 1.24 bits per heavy atom. The first-order chi connectivity index (χ1) is 8.28. The van der Waals surface area contributed by atoms with Crippen molar-refractivity contribution in [2.24, 2.45) is 5.73 Å². The highest BCUT2D eigenvalue weighted by Crippen LogP contribution is 2.25. The van der Waals surface area contributed by atoms with E-state index in [4.69, 9.17) is 10.5 Å². The molecule has 0 atom stereocenters. The van der Waals surface area contributed by atoms with Gasteiger partial charge in [-0.25, -0.2) is 0 Å². The number of nitrogens with zero attached hydrogens (tertiary/aromatic N) is 1. The lowest BCUT2D eigenvalue weighted by Crippen LogP contribution is -2.49. The fourth-order valence-corrected chi connectivity index (χ4v) is 2.45. The second-order valence-electron chi connectivity index (χ2n) is 4.85. The molecule has 3 nitrogen and oxygen atoms in total. The molecule has 1 fully saturated rings. The van der Waals surface area contributed by atoms with E-state index in [1.807, 2.05) is 0 Å². The average Bonchev–Trinajstić information content (AvgIpc) is 2.41. The zero-order chi connectivity index (χ0) is 12.1. The van der Waals surface area contributed by atoms with Crippen LogP contribution >= 0.6 is 0 Å². The number of ether oxygens (including phenoxy) is 1. The van der Waals surface area contributed by atoms with Crippen molar-refractivity contribution in [1.29, 1.82) is 0 Å². The third kappa shape index (κ3) is 3.06. The van der Waals surface area contributed by atoms with Gasteiger partial charge in [-0.3, -0.25) is 4.90 Å². The van der Waals surface area contributed by atoms with Crippen LogP contribution in [-0.2, 0) is 11.3 Å². The van der Waals surface area contributed by atoms with Gasteiger partial charge in [-0.05, 0) is 18.4 Å². The molecule has 0 unspecified atom stereocenters. The van der Waals surface area contributed by atoms with Gasteiger partial charge >= 0.3 is 0 Å². The zero-order valence-electron chi connectivity index (χ0n) is 10.6. The number of rotatable bonds is 4. The van der Waals surface area contributed by atoms with Gasteiger partial charge in [0.05, 0.1) is 5.60 Å². The number of nitrogens with two attached hydrogens (primary N) is 1. The molecule has 0 saturated carbocycles. The standard InChI is InChI=1S/C14H22N2O/c1-17-14(12-15)7-9-16(10-8-14)11-13-5-3-2-4-6-13/h2-6H,7-12,15H2,1H3. The topological polar surface area (TPSA) is 38.5 Å². The minimum Gasteiger partial charge on any atom is -0.377 e. The van der Waals surface area contributed by atoms with E-state index in [2.05, 4.69) is 35.2 Å². The molecule has 1 saturated heterocycles. The van der Waals surface area contributed by atoms with Gasteiger partial charge in [0.25, 0.3) is 0 Å². The van der Waals surface area contributed by atoms with Gasteiger partial charge in [0.1, 0.15) is 0 Å². The second kappa shape index (κ2) is 5.63. The molecule has 94 valence electrons. The van der Waals surface area contributed by atoms with Crippen LogP contribution in [0.5, 0.6) is 0 Å². The summed E-state index contributed by atoms with van der Waals surface area (Å²) in [6.07, 6.45) is 2.07. The molecule has 0 aliphatic carbocycles.